The predicted octanol–water partition coefficient (Wildman–Crippen LogP) is 3.73. The van der Waals surface area contributed by atoms with Crippen molar-refractivity contribution in [1.29, 1.82) is 0 Å². The number of morpholine rings is 1. The number of piperazine rings is 1. The molecule has 0 amide bonds. The highest BCUT2D eigenvalue weighted by Crippen LogP contribution is 2.40. The van der Waals surface area contributed by atoms with Gasteiger partial charge in [-0.25, -0.2) is 9.97 Å². The summed E-state index contributed by atoms with van der Waals surface area (Å²) in [6.07, 6.45) is 4.98. The van der Waals surface area contributed by atoms with Crippen LogP contribution in [0.4, 0.5) is 11.5 Å². The molecule has 2 saturated heterocycles. The quantitative estimate of drug-likeness (QED) is 0.605. The van der Waals surface area contributed by atoms with Crippen molar-refractivity contribution in [3.63, 3.8) is 0 Å². The van der Waals surface area contributed by atoms with Crippen molar-refractivity contribution < 1.29 is 4.74 Å². The Morgan fingerprint density at radius 3 is 2.41 bits per heavy atom. The van der Waals surface area contributed by atoms with Gasteiger partial charge in [0.05, 0.1) is 25.1 Å². The Morgan fingerprint density at radius 1 is 0.844 bits per heavy atom. The molecule has 2 aromatic heterocycles. The van der Waals surface area contributed by atoms with E-state index in [0.717, 1.165) is 64.9 Å². The molecule has 1 aliphatic carbocycles. The second-order valence-corrected chi connectivity index (χ2v) is 10.1. The average molecular weight is 450 g/mol. The van der Waals surface area contributed by atoms with Gasteiger partial charge in [-0.15, -0.1) is 11.3 Å². The molecule has 0 unspecified atom stereocenters. The second kappa shape index (κ2) is 8.96. The fourth-order valence-electron chi connectivity index (χ4n) is 5.26. The Kier molecular flexibility index (Phi) is 5.71. The highest BCUT2D eigenvalue weighted by Gasteiger charge is 2.26. The Labute approximate surface area is 193 Å². The topological polar surface area (TPSA) is 44.7 Å². The second-order valence-electron chi connectivity index (χ2n) is 9.05. The lowest BCUT2D eigenvalue weighted by molar-refractivity contribution is 0.0331. The van der Waals surface area contributed by atoms with Gasteiger partial charge in [-0.05, 0) is 43.4 Å². The van der Waals surface area contributed by atoms with Crippen molar-refractivity contribution in [3.05, 3.63) is 46.6 Å². The molecule has 3 aromatic rings. The van der Waals surface area contributed by atoms with Crippen LogP contribution >= 0.6 is 11.3 Å². The first-order valence-electron chi connectivity index (χ1n) is 12.0. The normalized spacial score (nSPS) is 20.0. The fourth-order valence-corrected chi connectivity index (χ4v) is 6.53. The van der Waals surface area contributed by atoms with Gasteiger partial charge >= 0.3 is 0 Å². The Morgan fingerprint density at radius 2 is 1.59 bits per heavy atom. The Balaban J connectivity index is 1.32. The van der Waals surface area contributed by atoms with Crippen molar-refractivity contribution in [2.45, 2.75) is 32.2 Å². The zero-order valence-electron chi connectivity index (χ0n) is 18.6. The van der Waals surface area contributed by atoms with E-state index in [9.17, 15) is 0 Å². The van der Waals surface area contributed by atoms with Crippen LogP contribution in [0.15, 0.2) is 30.3 Å². The molecule has 0 radical (unpaired) electrons. The summed E-state index contributed by atoms with van der Waals surface area (Å²) in [5, 5.41) is 1.35. The molecule has 168 valence electrons. The van der Waals surface area contributed by atoms with Gasteiger partial charge < -0.3 is 14.5 Å². The molecule has 3 aliphatic rings. The summed E-state index contributed by atoms with van der Waals surface area (Å²) in [6.45, 7) is 8.43. The molecule has 0 bridgehead atoms. The summed E-state index contributed by atoms with van der Waals surface area (Å²) >= 11 is 1.92. The van der Waals surface area contributed by atoms with Gasteiger partial charge in [0, 0.05) is 49.8 Å². The van der Waals surface area contributed by atoms with Crippen LogP contribution in [-0.2, 0) is 24.1 Å². The number of rotatable bonds is 4. The standard InChI is InChI=1S/C25H31N5OS/c1-2-6-19(7-3-1)29-10-12-30(13-11-29)24-23-20-8-4-5-9-21(20)32-25(23)27-22(26-24)18-28-14-16-31-17-15-28/h1-3,6-7H,4-5,8-18H2. The SMILES string of the molecule is c1ccc(N2CCN(c3nc(CN4CCOCC4)nc4sc5c(c34)CCCC5)CC2)cc1. The maximum atomic E-state index is 5.53. The molecule has 2 aliphatic heterocycles. The van der Waals surface area contributed by atoms with Crippen LogP contribution in [0, 0.1) is 0 Å². The third-order valence-corrected chi connectivity index (χ3v) is 8.20. The van der Waals surface area contributed by atoms with Gasteiger partial charge in [0.1, 0.15) is 16.5 Å². The van der Waals surface area contributed by atoms with E-state index in [1.165, 1.54) is 53.0 Å². The van der Waals surface area contributed by atoms with Crippen molar-refractivity contribution in [2.24, 2.45) is 0 Å². The van der Waals surface area contributed by atoms with Crippen LogP contribution in [0.5, 0.6) is 0 Å². The summed E-state index contributed by atoms with van der Waals surface area (Å²) in [6, 6.07) is 10.8. The number of hydrogen-bond donors (Lipinski definition) is 0. The van der Waals surface area contributed by atoms with E-state index < -0.39 is 0 Å². The Hall–Kier alpha value is -2.22. The summed E-state index contributed by atoms with van der Waals surface area (Å²) in [7, 11) is 0. The van der Waals surface area contributed by atoms with Gasteiger partial charge in [-0.2, -0.15) is 0 Å². The first-order chi connectivity index (χ1) is 15.8. The molecular weight excluding hydrogens is 418 g/mol. The average Bonchev–Trinajstić information content (AvgIpc) is 3.23. The smallest absolute Gasteiger partial charge is 0.146 e. The fraction of sp³-hybridized carbons (Fsp3) is 0.520. The summed E-state index contributed by atoms with van der Waals surface area (Å²) in [5.41, 5.74) is 2.86. The minimum absolute atomic E-state index is 0.809. The number of fused-ring (bicyclic) bond motifs is 3. The molecule has 0 atom stereocenters. The van der Waals surface area contributed by atoms with E-state index in [2.05, 4.69) is 45.0 Å². The molecule has 0 saturated carbocycles. The van der Waals surface area contributed by atoms with Crippen LogP contribution in [0.25, 0.3) is 10.2 Å². The number of para-hydroxylation sites is 1. The van der Waals surface area contributed by atoms with Crippen LogP contribution < -0.4 is 9.80 Å². The molecule has 6 nitrogen and oxygen atoms in total. The van der Waals surface area contributed by atoms with Crippen LogP contribution in [0.3, 0.4) is 0 Å². The maximum absolute atomic E-state index is 5.53. The van der Waals surface area contributed by atoms with Crippen LogP contribution in [-0.4, -0.2) is 67.4 Å². The highest BCUT2D eigenvalue weighted by atomic mass is 32.1. The van der Waals surface area contributed by atoms with E-state index in [0.29, 0.717) is 0 Å². The third kappa shape index (κ3) is 3.98. The first-order valence-corrected chi connectivity index (χ1v) is 12.8. The maximum Gasteiger partial charge on any atom is 0.146 e. The molecule has 1 aromatic carbocycles. The number of hydrogen-bond acceptors (Lipinski definition) is 7. The number of aryl methyl sites for hydroxylation is 2. The molecule has 32 heavy (non-hydrogen) atoms. The van der Waals surface area contributed by atoms with E-state index >= 15 is 0 Å². The zero-order valence-corrected chi connectivity index (χ0v) is 19.4. The Bertz CT molecular complexity index is 1070. The number of benzene rings is 1. The van der Waals surface area contributed by atoms with E-state index in [1.54, 1.807) is 4.88 Å². The van der Waals surface area contributed by atoms with Gasteiger partial charge in [0.2, 0.25) is 0 Å². The number of ether oxygens (including phenoxy) is 1. The minimum Gasteiger partial charge on any atom is -0.379 e. The van der Waals surface area contributed by atoms with Gasteiger partial charge in [-0.1, -0.05) is 18.2 Å². The summed E-state index contributed by atoms with van der Waals surface area (Å²) < 4.78 is 5.53. The number of nitrogens with zero attached hydrogens (tertiary/aromatic N) is 5. The summed E-state index contributed by atoms with van der Waals surface area (Å²) in [4.78, 5) is 20.5. The van der Waals surface area contributed by atoms with Crippen LogP contribution in [0.1, 0.15) is 29.1 Å². The van der Waals surface area contributed by atoms with Crippen molar-refractivity contribution in [1.82, 2.24) is 14.9 Å². The third-order valence-electron chi connectivity index (χ3n) is 7.01. The van der Waals surface area contributed by atoms with E-state index in [1.807, 2.05) is 11.3 Å². The predicted molar refractivity (Wildman–Crippen MR) is 131 cm³/mol. The van der Waals surface area contributed by atoms with Crippen molar-refractivity contribution in [2.75, 3.05) is 62.3 Å². The van der Waals surface area contributed by atoms with Gasteiger partial charge in [0.15, 0.2) is 0 Å². The van der Waals surface area contributed by atoms with Crippen LogP contribution in [0.2, 0.25) is 0 Å². The molecule has 0 spiro atoms. The summed E-state index contributed by atoms with van der Waals surface area (Å²) in [5.74, 6) is 2.16. The van der Waals surface area contributed by atoms with Crippen molar-refractivity contribution >= 4 is 33.1 Å². The number of thiophene rings is 1. The zero-order chi connectivity index (χ0) is 21.3. The first kappa shape index (κ1) is 20.4. The van der Waals surface area contributed by atoms with Gasteiger partial charge in [-0.3, -0.25) is 4.90 Å². The molecule has 2 fully saturated rings. The molecule has 0 N–H and O–H groups in total. The minimum atomic E-state index is 0.809. The molecule has 6 rings (SSSR count). The monoisotopic (exact) mass is 449 g/mol. The lowest BCUT2D eigenvalue weighted by Gasteiger charge is -2.37. The lowest BCUT2D eigenvalue weighted by atomic mass is 9.97. The van der Waals surface area contributed by atoms with E-state index in [-0.39, 0.29) is 0 Å². The lowest BCUT2D eigenvalue weighted by Crippen LogP contribution is -2.47. The van der Waals surface area contributed by atoms with Gasteiger partial charge in [0.25, 0.3) is 0 Å². The van der Waals surface area contributed by atoms with E-state index in [4.69, 9.17) is 14.7 Å². The largest absolute Gasteiger partial charge is 0.379 e. The molecular formula is C25H31N5OS. The number of anilines is 2. The number of aromatic nitrogens is 2. The molecule has 7 heteroatoms. The van der Waals surface area contributed by atoms with Crippen molar-refractivity contribution in [3.8, 4) is 0 Å². The molecule has 4 heterocycles. The highest BCUT2D eigenvalue weighted by molar-refractivity contribution is 7.19.